The van der Waals surface area contributed by atoms with Crippen LogP contribution in [0.3, 0.4) is 0 Å². The highest BCUT2D eigenvalue weighted by atomic mass is 35.5. The number of aliphatic hydroxyl groups is 1. The zero-order valence-corrected chi connectivity index (χ0v) is 13.2. The molecule has 1 aliphatic rings. The summed E-state index contributed by atoms with van der Waals surface area (Å²) in [6.07, 6.45) is 1.48. The van der Waals surface area contributed by atoms with E-state index in [9.17, 15) is 5.11 Å². The monoisotopic (exact) mass is 297 g/mol. The molecule has 1 aromatic carbocycles. The minimum atomic E-state index is -0.312. The minimum Gasteiger partial charge on any atom is -0.488 e. The van der Waals surface area contributed by atoms with Crippen molar-refractivity contribution in [2.45, 2.75) is 45.8 Å². The third kappa shape index (κ3) is 4.65. The van der Waals surface area contributed by atoms with E-state index in [1.54, 1.807) is 0 Å². The molecule has 2 unspecified atom stereocenters. The van der Waals surface area contributed by atoms with Gasteiger partial charge in [0.1, 0.15) is 11.9 Å². The number of nitrogens with one attached hydrogen (secondary N) is 1. The number of ether oxygens (including phenoxy) is 1. The van der Waals surface area contributed by atoms with Gasteiger partial charge < -0.3 is 15.2 Å². The maximum absolute atomic E-state index is 9.95. The van der Waals surface area contributed by atoms with Gasteiger partial charge in [-0.25, -0.2) is 0 Å². The Morgan fingerprint density at radius 1 is 1.45 bits per heavy atom. The predicted octanol–water partition coefficient (Wildman–Crippen LogP) is 3.03. The molecular formula is C16H24ClNO2. The molecule has 0 spiro atoms. The molecule has 4 heteroatoms. The molecule has 3 nitrogen and oxygen atoms in total. The smallest absolute Gasteiger partial charge is 0.123 e. The Labute approximate surface area is 126 Å². The van der Waals surface area contributed by atoms with Gasteiger partial charge in [-0.15, -0.1) is 0 Å². The van der Waals surface area contributed by atoms with Gasteiger partial charge in [-0.2, -0.15) is 0 Å². The summed E-state index contributed by atoms with van der Waals surface area (Å²) in [6.45, 7) is 7.76. The van der Waals surface area contributed by atoms with Crippen LogP contribution in [0.1, 0.15) is 32.8 Å². The minimum absolute atomic E-state index is 0.130. The molecule has 2 rings (SSSR count). The SMILES string of the molecule is CC(C)(C)CC(O)CNCC1Cc2cc(Cl)ccc2O1. The van der Waals surface area contributed by atoms with Crippen molar-refractivity contribution in [3.05, 3.63) is 28.8 Å². The molecule has 2 atom stereocenters. The third-order valence-electron chi connectivity index (χ3n) is 3.36. The topological polar surface area (TPSA) is 41.5 Å². The second kappa shape index (κ2) is 6.33. The van der Waals surface area contributed by atoms with Crippen molar-refractivity contribution < 1.29 is 9.84 Å². The molecule has 0 aliphatic carbocycles. The fraction of sp³-hybridized carbons (Fsp3) is 0.625. The molecule has 0 amide bonds. The summed E-state index contributed by atoms with van der Waals surface area (Å²) in [7, 11) is 0. The summed E-state index contributed by atoms with van der Waals surface area (Å²) in [5.74, 6) is 0.927. The first-order valence-electron chi connectivity index (χ1n) is 7.17. The molecule has 0 saturated carbocycles. The van der Waals surface area contributed by atoms with Gasteiger partial charge in [0.25, 0.3) is 0 Å². The van der Waals surface area contributed by atoms with Crippen molar-refractivity contribution in [1.29, 1.82) is 0 Å². The number of hydrogen-bond donors (Lipinski definition) is 2. The van der Waals surface area contributed by atoms with Gasteiger partial charge in [0, 0.05) is 24.5 Å². The first-order valence-corrected chi connectivity index (χ1v) is 7.55. The fourth-order valence-corrected chi connectivity index (χ4v) is 2.79. The van der Waals surface area contributed by atoms with E-state index in [0.29, 0.717) is 6.54 Å². The molecule has 1 heterocycles. The van der Waals surface area contributed by atoms with Crippen LogP contribution < -0.4 is 10.1 Å². The van der Waals surface area contributed by atoms with E-state index < -0.39 is 0 Å². The molecule has 2 N–H and O–H groups in total. The summed E-state index contributed by atoms with van der Waals surface area (Å²) in [4.78, 5) is 0. The Bertz CT molecular complexity index is 456. The second-order valence-electron chi connectivity index (χ2n) is 6.77. The van der Waals surface area contributed by atoms with Crippen molar-refractivity contribution in [3.8, 4) is 5.75 Å². The number of rotatable bonds is 5. The van der Waals surface area contributed by atoms with Gasteiger partial charge in [0.05, 0.1) is 6.10 Å². The van der Waals surface area contributed by atoms with Crippen LogP contribution in [0.2, 0.25) is 5.02 Å². The van der Waals surface area contributed by atoms with E-state index in [-0.39, 0.29) is 17.6 Å². The van der Waals surface area contributed by atoms with Crippen LogP contribution in [0.4, 0.5) is 0 Å². The zero-order valence-electron chi connectivity index (χ0n) is 12.4. The number of hydrogen-bond acceptors (Lipinski definition) is 3. The van der Waals surface area contributed by atoms with Gasteiger partial charge in [0.15, 0.2) is 0 Å². The van der Waals surface area contributed by atoms with Gasteiger partial charge in [0.2, 0.25) is 0 Å². The first kappa shape index (κ1) is 15.6. The van der Waals surface area contributed by atoms with Gasteiger partial charge in [-0.1, -0.05) is 32.4 Å². The lowest BCUT2D eigenvalue weighted by Crippen LogP contribution is -2.36. The standard InChI is InChI=1S/C16H24ClNO2/c1-16(2,3)8-13(19)9-18-10-14-7-11-6-12(17)4-5-15(11)20-14/h4-6,13-14,18-19H,7-10H2,1-3H3. The highest BCUT2D eigenvalue weighted by molar-refractivity contribution is 6.30. The number of benzene rings is 1. The van der Waals surface area contributed by atoms with E-state index in [2.05, 4.69) is 26.1 Å². The maximum atomic E-state index is 9.95. The molecule has 0 fully saturated rings. The van der Waals surface area contributed by atoms with E-state index in [1.807, 2.05) is 18.2 Å². The molecule has 0 aromatic heterocycles. The molecule has 1 aliphatic heterocycles. The molecule has 1 aromatic rings. The van der Waals surface area contributed by atoms with Crippen molar-refractivity contribution >= 4 is 11.6 Å². The summed E-state index contributed by atoms with van der Waals surface area (Å²) in [5, 5.41) is 14.0. The van der Waals surface area contributed by atoms with Crippen LogP contribution in [0, 0.1) is 5.41 Å². The number of fused-ring (bicyclic) bond motifs is 1. The number of halogens is 1. The molecule has 0 saturated heterocycles. The lowest BCUT2D eigenvalue weighted by atomic mass is 9.89. The molecule has 112 valence electrons. The van der Waals surface area contributed by atoms with E-state index >= 15 is 0 Å². The van der Waals surface area contributed by atoms with Gasteiger partial charge >= 0.3 is 0 Å². The highest BCUT2D eigenvalue weighted by Crippen LogP contribution is 2.30. The average molecular weight is 298 g/mol. The summed E-state index contributed by atoms with van der Waals surface area (Å²) < 4.78 is 5.84. The Kier molecular flexibility index (Phi) is 4.95. The Morgan fingerprint density at radius 3 is 2.90 bits per heavy atom. The fourth-order valence-electron chi connectivity index (χ4n) is 2.59. The Hall–Kier alpha value is -0.770. The zero-order chi connectivity index (χ0) is 14.8. The van der Waals surface area contributed by atoms with Gasteiger partial charge in [-0.3, -0.25) is 0 Å². The van der Waals surface area contributed by atoms with Crippen molar-refractivity contribution in [2.75, 3.05) is 13.1 Å². The molecule has 0 bridgehead atoms. The van der Waals surface area contributed by atoms with Crippen molar-refractivity contribution in [3.63, 3.8) is 0 Å². The van der Waals surface area contributed by atoms with Crippen LogP contribution in [0.25, 0.3) is 0 Å². The van der Waals surface area contributed by atoms with Crippen LogP contribution in [0.15, 0.2) is 18.2 Å². The maximum Gasteiger partial charge on any atom is 0.123 e. The lowest BCUT2D eigenvalue weighted by Gasteiger charge is -2.23. The van der Waals surface area contributed by atoms with Crippen LogP contribution in [-0.4, -0.2) is 30.4 Å². The second-order valence-corrected chi connectivity index (χ2v) is 7.21. The molecular weight excluding hydrogens is 274 g/mol. The van der Waals surface area contributed by atoms with Crippen molar-refractivity contribution in [2.24, 2.45) is 5.41 Å². The summed E-state index contributed by atoms with van der Waals surface area (Å²) in [5.41, 5.74) is 1.32. The highest BCUT2D eigenvalue weighted by Gasteiger charge is 2.23. The van der Waals surface area contributed by atoms with Crippen molar-refractivity contribution in [1.82, 2.24) is 5.32 Å². The molecule has 20 heavy (non-hydrogen) atoms. The van der Waals surface area contributed by atoms with Crippen LogP contribution in [0.5, 0.6) is 5.75 Å². The first-order chi connectivity index (χ1) is 9.33. The lowest BCUT2D eigenvalue weighted by molar-refractivity contribution is 0.115. The third-order valence-corrected chi connectivity index (χ3v) is 3.60. The number of aliphatic hydroxyl groups excluding tert-OH is 1. The largest absolute Gasteiger partial charge is 0.488 e. The predicted molar refractivity (Wildman–Crippen MR) is 82.5 cm³/mol. The Morgan fingerprint density at radius 2 is 2.20 bits per heavy atom. The normalized spacial score (nSPS) is 19.6. The van der Waals surface area contributed by atoms with Crippen LogP contribution >= 0.6 is 11.6 Å². The summed E-state index contributed by atoms with van der Waals surface area (Å²) >= 11 is 5.97. The summed E-state index contributed by atoms with van der Waals surface area (Å²) in [6, 6.07) is 5.74. The average Bonchev–Trinajstić information content (AvgIpc) is 2.68. The molecule has 0 radical (unpaired) electrons. The Balaban J connectivity index is 1.72. The quantitative estimate of drug-likeness (QED) is 0.878. The van der Waals surface area contributed by atoms with Crippen LogP contribution in [-0.2, 0) is 6.42 Å². The van der Waals surface area contributed by atoms with E-state index in [0.717, 1.165) is 30.2 Å². The van der Waals surface area contributed by atoms with E-state index in [1.165, 1.54) is 5.56 Å². The van der Waals surface area contributed by atoms with Gasteiger partial charge in [-0.05, 0) is 35.6 Å². The van der Waals surface area contributed by atoms with E-state index in [4.69, 9.17) is 16.3 Å².